The van der Waals surface area contributed by atoms with Crippen molar-refractivity contribution in [1.29, 1.82) is 0 Å². The minimum absolute atomic E-state index is 0.0454. The Morgan fingerprint density at radius 3 is 2.30 bits per heavy atom. The highest BCUT2D eigenvalue weighted by Gasteiger charge is 2.41. The second-order valence-corrected chi connectivity index (χ2v) is 7.57. The third kappa shape index (κ3) is 3.04. The van der Waals surface area contributed by atoms with Crippen LogP contribution in [0.25, 0.3) is 0 Å². The number of rotatable bonds is 3. The number of carbonyl (C=O) groups excluding carboxylic acids is 1. The molecule has 1 aliphatic rings. The van der Waals surface area contributed by atoms with Gasteiger partial charge in [-0.2, -0.15) is 0 Å². The molecule has 1 aliphatic carbocycles. The summed E-state index contributed by atoms with van der Waals surface area (Å²) in [5.41, 5.74) is 7.48. The Morgan fingerprint density at radius 2 is 1.80 bits per heavy atom. The van der Waals surface area contributed by atoms with Crippen molar-refractivity contribution in [3.05, 3.63) is 35.4 Å². The van der Waals surface area contributed by atoms with Crippen molar-refractivity contribution in [2.45, 2.75) is 64.0 Å². The van der Waals surface area contributed by atoms with Crippen molar-refractivity contribution in [2.75, 3.05) is 0 Å². The molecule has 110 valence electrons. The van der Waals surface area contributed by atoms with E-state index >= 15 is 0 Å². The lowest BCUT2D eigenvalue weighted by atomic mass is 9.81. The molecule has 0 heterocycles. The molecule has 1 aromatic carbocycles. The normalized spacial score (nSPS) is 17.7. The van der Waals surface area contributed by atoms with Crippen LogP contribution in [0.5, 0.6) is 0 Å². The van der Waals surface area contributed by atoms with Crippen LogP contribution in [0.1, 0.15) is 58.6 Å². The molecule has 0 radical (unpaired) electrons. The number of carbonyl (C=O) groups is 1. The Bertz CT molecular complexity index is 522. The number of nitrogens with one attached hydrogen (secondary N) is 1. The molecule has 1 saturated carbocycles. The smallest absolute Gasteiger partial charge is 0.230 e. The number of amides is 1. The predicted molar refractivity (Wildman–Crippen MR) is 82.5 cm³/mol. The van der Waals surface area contributed by atoms with Crippen LogP contribution >= 0.6 is 0 Å². The van der Waals surface area contributed by atoms with Gasteiger partial charge in [0.15, 0.2) is 0 Å². The molecule has 1 amide bonds. The molecule has 0 bridgehead atoms. The number of benzene rings is 1. The molecule has 2 rings (SSSR count). The van der Waals surface area contributed by atoms with Crippen molar-refractivity contribution in [2.24, 2.45) is 5.73 Å². The van der Waals surface area contributed by atoms with Crippen molar-refractivity contribution in [3.8, 4) is 0 Å². The van der Waals surface area contributed by atoms with Crippen LogP contribution in [0.4, 0.5) is 0 Å². The number of hydrogen-bond donors (Lipinski definition) is 2. The van der Waals surface area contributed by atoms with E-state index in [2.05, 4.69) is 17.4 Å². The summed E-state index contributed by atoms with van der Waals surface area (Å²) in [6.45, 7) is 9.91. The average molecular weight is 274 g/mol. The van der Waals surface area contributed by atoms with Gasteiger partial charge in [0, 0.05) is 11.1 Å². The molecule has 0 aliphatic heterocycles. The zero-order valence-corrected chi connectivity index (χ0v) is 13.2. The van der Waals surface area contributed by atoms with Gasteiger partial charge in [-0.25, -0.2) is 0 Å². The van der Waals surface area contributed by atoms with Crippen LogP contribution in [-0.4, -0.2) is 11.4 Å². The molecule has 3 nitrogen and oxygen atoms in total. The van der Waals surface area contributed by atoms with Gasteiger partial charge in [0.05, 0.1) is 5.41 Å². The van der Waals surface area contributed by atoms with Gasteiger partial charge in [-0.1, -0.05) is 24.3 Å². The monoisotopic (exact) mass is 274 g/mol. The molecule has 0 atom stereocenters. The maximum absolute atomic E-state index is 12.5. The summed E-state index contributed by atoms with van der Waals surface area (Å²) < 4.78 is 0. The molecule has 1 fully saturated rings. The summed E-state index contributed by atoms with van der Waals surface area (Å²) in [6.07, 6.45) is 2.07. The number of nitrogens with two attached hydrogens (primary N) is 1. The van der Waals surface area contributed by atoms with Gasteiger partial charge >= 0.3 is 0 Å². The minimum atomic E-state index is -0.561. The lowest BCUT2D eigenvalue weighted by Gasteiger charge is -2.30. The zero-order chi connectivity index (χ0) is 15.2. The average Bonchev–Trinajstić information content (AvgIpc) is 3.07. The van der Waals surface area contributed by atoms with Crippen LogP contribution in [0.2, 0.25) is 0 Å². The van der Waals surface area contributed by atoms with E-state index in [1.165, 1.54) is 0 Å². The largest absolute Gasteiger partial charge is 0.351 e. The topological polar surface area (TPSA) is 55.1 Å². The Labute approximate surface area is 121 Å². The van der Waals surface area contributed by atoms with Crippen LogP contribution in [0.15, 0.2) is 24.3 Å². The van der Waals surface area contributed by atoms with E-state index in [-0.39, 0.29) is 17.0 Å². The fourth-order valence-electron chi connectivity index (χ4n) is 2.27. The van der Waals surface area contributed by atoms with Crippen LogP contribution in [0.3, 0.4) is 0 Å². The molecule has 3 N–H and O–H groups in total. The summed E-state index contributed by atoms with van der Waals surface area (Å²) in [5.74, 6) is 0.0454. The van der Waals surface area contributed by atoms with Gasteiger partial charge in [-0.05, 0) is 58.6 Å². The van der Waals surface area contributed by atoms with Crippen molar-refractivity contribution >= 4 is 5.91 Å². The molecule has 0 saturated heterocycles. The van der Waals surface area contributed by atoms with Crippen molar-refractivity contribution < 1.29 is 4.79 Å². The third-order valence-electron chi connectivity index (χ3n) is 4.00. The van der Waals surface area contributed by atoms with E-state index < -0.39 is 5.41 Å². The second kappa shape index (κ2) is 4.59. The highest BCUT2D eigenvalue weighted by atomic mass is 16.2. The van der Waals surface area contributed by atoms with Gasteiger partial charge in [-0.3, -0.25) is 4.79 Å². The van der Waals surface area contributed by atoms with Crippen molar-refractivity contribution in [3.63, 3.8) is 0 Å². The first kappa shape index (κ1) is 15.0. The Kier molecular flexibility index (Phi) is 3.45. The van der Waals surface area contributed by atoms with Crippen LogP contribution < -0.4 is 11.1 Å². The fourth-order valence-corrected chi connectivity index (χ4v) is 2.27. The summed E-state index contributed by atoms with van der Waals surface area (Å²) in [4.78, 5) is 12.5. The Hall–Kier alpha value is -1.35. The molecular formula is C17H26N2O. The molecular weight excluding hydrogens is 248 g/mol. The van der Waals surface area contributed by atoms with Gasteiger partial charge in [0.25, 0.3) is 0 Å². The highest BCUT2D eigenvalue weighted by Crippen LogP contribution is 2.43. The minimum Gasteiger partial charge on any atom is -0.351 e. The Morgan fingerprint density at radius 1 is 1.20 bits per heavy atom. The predicted octanol–water partition coefficient (Wildman–Crippen LogP) is 2.83. The van der Waals surface area contributed by atoms with E-state index in [4.69, 9.17) is 5.73 Å². The highest BCUT2D eigenvalue weighted by molar-refractivity contribution is 5.87. The maximum Gasteiger partial charge on any atom is 0.230 e. The van der Waals surface area contributed by atoms with Gasteiger partial charge in [0.2, 0.25) is 5.91 Å². The first-order chi connectivity index (χ1) is 9.05. The molecule has 0 spiro atoms. The molecule has 20 heavy (non-hydrogen) atoms. The van der Waals surface area contributed by atoms with Crippen LogP contribution in [0, 0.1) is 0 Å². The summed E-state index contributed by atoms with van der Waals surface area (Å²) >= 11 is 0. The quantitative estimate of drug-likeness (QED) is 0.890. The molecule has 1 aromatic rings. The lowest BCUT2D eigenvalue weighted by Crippen LogP contribution is -2.48. The molecule has 0 aromatic heterocycles. The van der Waals surface area contributed by atoms with E-state index in [9.17, 15) is 4.79 Å². The fraction of sp³-hybridized carbons (Fsp3) is 0.588. The first-order valence-corrected chi connectivity index (χ1v) is 7.27. The first-order valence-electron chi connectivity index (χ1n) is 7.27. The zero-order valence-electron chi connectivity index (χ0n) is 13.2. The SMILES string of the molecule is CC(C)(C)NC(=O)C(C)(C)c1cccc(C2(N)CC2)c1. The summed E-state index contributed by atoms with van der Waals surface area (Å²) in [5, 5.41) is 3.06. The van der Waals surface area contributed by atoms with E-state index in [0.717, 1.165) is 24.0 Å². The molecule has 0 unspecified atom stereocenters. The van der Waals surface area contributed by atoms with Crippen molar-refractivity contribution in [1.82, 2.24) is 5.32 Å². The third-order valence-corrected chi connectivity index (χ3v) is 4.00. The standard InChI is InChI=1S/C17H26N2O/c1-15(2,3)19-14(20)16(4,5)12-7-6-8-13(11-12)17(18)9-10-17/h6-8,11H,9-10,18H2,1-5H3,(H,19,20). The van der Waals surface area contributed by atoms with Gasteiger partial charge in [0.1, 0.15) is 0 Å². The second-order valence-electron chi connectivity index (χ2n) is 7.57. The maximum atomic E-state index is 12.5. The van der Waals surface area contributed by atoms with E-state index in [1.807, 2.05) is 46.8 Å². The molecule has 3 heteroatoms. The van der Waals surface area contributed by atoms with Gasteiger partial charge < -0.3 is 11.1 Å². The van der Waals surface area contributed by atoms with Crippen LogP contribution in [-0.2, 0) is 15.7 Å². The van der Waals surface area contributed by atoms with E-state index in [0.29, 0.717) is 0 Å². The van der Waals surface area contributed by atoms with E-state index in [1.54, 1.807) is 0 Å². The lowest BCUT2D eigenvalue weighted by molar-refractivity contribution is -0.127. The summed E-state index contributed by atoms with van der Waals surface area (Å²) in [6, 6.07) is 8.17. The van der Waals surface area contributed by atoms with Gasteiger partial charge in [-0.15, -0.1) is 0 Å². The summed E-state index contributed by atoms with van der Waals surface area (Å²) in [7, 11) is 0. The Balaban J connectivity index is 2.27. The number of hydrogen-bond acceptors (Lipinski definition) is 2.